The Morgan fingerprint density at radius 1 is 0.821 bits per heavy atom. The van der Waals surface area contributed by atoms with Crippen LogP contribution < -0.4 is 15.1 Å². The molecule has 3 amide bonds. The van der Waals surface area contributed by atoms with Gasteiger partial charge in [0, 0.05) is 31.5 Å². The number of para-hydroxylation sites is 2. The third kappa shape index (κ3) is 3.63. The Hall–Kier alpha value is -3.15. The number of anilines is 3. The van der Waals surface area contributed by atoms with Crippen molar-refractivity contribution in [3.05, 3.63) is 54.1 Å². The molecule has 0 unspecified atom stereocenters. The van der Waals surface area contributed by atoms with Gasteiger partial charge in [-0.05, 0) is 55.7 Å². The number of benzene rings is 2. The Bertz CT molecular complexity index is 885. The zero-order valence-corrected chi connectivity index (χ0v) is 15.7. The van der Waals surface area contributed by atoms with Crippen LogP contribution in [0.5, 0.6) is 0 Å². The van der Waals surface area contributed by atoms with E-state index >= 15 is 0 Å². The lowest BCUT2D eigenvalue weighted by Gasteiger charge is -2.30. The average molecular weight is 377 g/mol. The molecule has 0 atom stereocenters. The summed E-state index contributed by atoms with van der Waals surface area (Å²) in [6.07, 6.45) is 4.07. The Kier molecular flexibility index (Phi) is 5.10. The van der Waals surface area contributed by atoms with Crippen LogP contribution in [0.3, 0.4) is 0 Å². The highest BCUT2D eigenvalue weighted by Gasteiger charge is 2.30. The summed E-state index contributed by atoms with van der Waals surface area (Å²) in [6, 6.07) is 14.4. The topological polar surface area (TPSA) is 69.7 Å². The van der Waals surface area contributed by atoms with Gasteiger partial charge >= 0.3 is 0 Å². The summed E-state index contributed by atoms with van der Waals surface area (Å²) in [7, 11) is 0. The molecule has 28 heavy (non-hydrogen) atoms. The predicted molar refractivity (Wildman–Crippen MR) is 109 cm³/mol. The predicted octanol–water partition coefficient (Wildman–Crippen LogP) is 3.58. The summed E-state index contributed by atoms with van der Waals surface area (Å²) in [5.74, 6) is -0.606. The lowest BCUT2D eigenvalue weighted by atomic mass is 10.1. The molecule has 0 radical (unpaired) electrons. The van der Waals surface area contributed by atoms with E-state index in [9.17, 15) is 14.4 Å². The second kappa shape index (κ2) is 7.84. The molecule has 6 nitrogen and oxygen atoms in total. The summed E-state index contributed by atoms with van der Waals surface area (Å²) < 4.78 is 0. The van der Waals surface area contributed by atoms with Crippen molar-refractivity contribution in [2.45, 2.75) is 32.1 Å². The number of piperidine rings is 1. The number of amides is 3. The first kappa shape index (κ1) is 18.2. The highest BCUT2D eigenvalue weighted by Crippen LogP contribution is 2.29. The Balaban J connectivity index is 1.50. The van der Waals surface area contributed by atoms with Crippen LogP contribution in [0.4, 0.5) is 17.1 Å². The van der Waals surface area contributed by atoms with E-state index in [0.717, 1.165) is 37.3 Å². The lowest BCUT2D eigenvalue weighted by molar-refractivity contribution is -0.121. The molecule has 2 saturated heterocycles. The average Bonchev–Trinajstić information content (AvgIpc) is 3.07. The van der Waals surface area contributed by atoms with E-state index in [1.807, 2.05) is 24.3 Å². The van der Waals surface area contributed by atoms with Gasteiger partial charge in [-0.15, -0.1) is 0 Å². The van der Waals surface area contributed by atoms with Gasteiger partial charge in [-0.1, -0.05) is 12.1 Å². The van der Waals surface area contributed by atoms with Gasteiger partial charge in [0.1, 0.15) is 0 Å². The van der Waals surface area contributed by atoms with Crippen molar-refractivity contribution in [3.8, 4) is 0 Å². The first-order valence-electron chi connectivity index (χ1n) is 9.75. The number of nitrogens with one attached hydrogen (secondary N) is 1. The molecule has 2 aromatic rings. The third-order valence-electron chi connectivity index (χ3n) is 5.29. The maximum atomic E-state index is 12.7. The number of nitrogens with zero attached hydrogens (tertiary/aromatic N) is 2. The summed E-state index contributed by atoms with van der Waals surface area (Å²) >= 11 is 0. The summed E-state index contributed by atoms with van der Waals surface area (Å²) in [6.45, 7) is 2.00. The van der Waals surface area contributed by atoms with E-state index in [1.54, 1.807) is 24.3 Å². The van der Waals surface area contributed by atoms with E-state index in [0.29, 0.717) is 11.3 Å². The minimum Gasteiger partial charge on any atom is -0.370 e. The van der Waals surface area contributed by atoms with E-state index in [-0.39, 0.29) is 30.6 Å². The van der Waals surface area contributed by atoms with Crippen molar-refractivity contribution < 1.29 is 14.4 Å². The van der Waals surface area contributed by atoms with Crippen LogP contribution in [0.2, 0.25) is 0 Å². The van der Waals surface area contributed by atoms with Crippen molar-refractivity contribution in [1.29, 1.82) is 0 Å². The van der Waals surface area contributed by atoms with E-state index in [2.05, 4.69) is 10.2 Å². The summed E-state index contributed by atoms with van der Waals surface area (Å²) in [4.78, 5) is 39.9. The van der Waals surface area contributed by atoms with Crippen LogP contribution in [-0.2, 0) is 9.59 Å². The van der Waals surface area contributed by atoms with Gasteiger partial charge in [-0.2, -0.15) is 0 Å². The normalized spacial score (nSPS) is 17.1. The molecule has 0 aromatic heterocycles. The van der Waals surface area contributed by atoms with Crippen LogP contribution in [0.1, 0.15) is 42.5 Å². The smallest absolute Gasteiger partial charge is 0.255 e. The van der Waals surface area contributed by atoms with Crippen LogP contribution in [0.25, 0.3) is 0 Å². The van der Waals surface area contributed by atoms with Crippen molar-refractivity contribution in [2.75, 3.05) is 28.2 Å². The number of carbonyl (C=O) groups is 3. The molecule has 0 bridgehead atoms. The summed E-state index contributed by atoms with van der Waals surface area (Å²) in [5.41, 5.74) is 2.83. The molecule has 2 heterocycles. The standard InChI is InChI=1S/C22H23N3O3/c26-20-12-13-21(27)25(20)17-10-8-16(9-11-17)22(28)23-18-6-2-3-7-19(18)24-14-4-1-5-15-24/h2-3,6-11H,1,4-5,12-15H2,(H,23,28). The molecule has 0 saturated carbocycles. The molecule has 144 valence electrons. The fraction of sp³-hybridized carbons (Fsp3) is 0.318. The highest BCUT2D eigenvalue weighted by molar-refractivity contribution is 6.20. The van der Waals surface area contributed by atoms with E-state index in [4.69, 9.17) is 0 Å². The van der Waals surface area contributed by atoms with Gasteiger partial charge < -0.3 is 10.2 Å². The van der Waals surface area contributed by atoms with Crippen LogP contribution in [-0.4, -0.2) is 30.8 Å². The molecular weight excluding hydrogens is 354 g/mol. The Morgan fingerprint density at radius 3 is 2.14 bits per heavy atom. The van der Waals surface area contributed by atoms with E-state index in [1.165, 1.54) is 11.3 Å². The Morgan fingerprint density at radius 2 is 1.46 bits per heavy atom. The van der Waals surface area contributed by atoms with Crippen molar-refractivity contribution in [1.82, 2.24) is 0 Å². The van der Waals surface area contributed by atoms with Gasteiger partial charge in [0.05, 0.1) is 17.1 Å². The molecule has 6 heteroatoms. The van der Waals surface area contributed by atoms with Crippen LogP contribution in [0.15, 0.2) is 48.5 Å². The van der Waals surface area contributed by atoms with Gasteiger partial charge in [-0.3, -0.25) is 19.3 Å². The SMILES string of the molecule is O=C(Nc1ccccc1N1CCCCC1)c1ccc(N2C(=O)CCC2=O)cc1. The molecule has 2 aliphatic heterocycles. The summed E-state index contributed by atoms with van der Waals surface area (Å²) in [5, 5.41) is 3.00. The second-order valence-corrected chi connectivity index (χ2v) is 7.19. The largest absolute Gasteiger partial charge is 0.370 e. The van der Waals surface area contributed by atoms with Gasteiger partial charge in [-0.25, -0.2) is 0 Å². The quantitative estimate of drug-likeness (QED) is 0.827. The molecular formula is C22H23N3O3. The molecule has 0 aliphatic carbocycles. The fourth-order valence-electron chi connectivity index (χ4n) is 3.81. The number of imide groups is 1. The zero-order chi connectivity index (χ0) is 19.5. The molecule has 4 rings (SSSR count). The molecule has 1 N–H and O–H groups in total. The van der Waals surface area contributed by atoms with Crippen molar-refractivity contribution >= 4 is 34.8 Å². The van der Waals surface area contributed by atoms with Gasteiger partial charge in [0.2, 0.25) is 11.8 Å². The number of carbonyl (C=O) groups excluding carboxylic acids is 3. The van der Waals surface area contributed by atoms with Crippen LogP contribution >= 0.6 is 0 Å². The van der Waals surface area contributed by atoms with Crippen molar-refractivity contribution in [2.24, 2.45) is 0 Å². The maximum absolute atomic E-state index is 12.7. The van der Waals surface area contributed by atoms with Crippen molar-refractivity contribution in [3.63, 3.8) is 0 Å². The van der Waals surface area contributed by atoms with Gasteiger partial charge in [0.25, 0.3) is 5.91 Å². The maximum Gasteiger partial charge on any atom is 0.255 e. The molecule has 0 spiro atoms. The fourth-order valence-corrected chi connectivity index (χ4v) is 3.81. The van der Waals surface area contributed by atoms with Gasteiger partial charge in [0.15, 0.2) is 0 Å². The van der Waals surface area contributed by atoms with Crippen LogP contribution in [0, 0.1) is 0 Å². The minimum absolute atomic E-state index is 0.197. The monoisotopic (exact) mass is 377 g/mol. The second-order valence-electron chi connectivity index (χ2n) is 7.19. The number of hydrogen-bond donors (Lipinski definition) is 1. The first-order valence-corrected chi connectivity index (χ1v) is 9.75. The minimum atomic E-state index is -0.213. The molecule has 2 aliphatic rings. The Labute approximate surface area is 164 Å². The molecule has 2 fully saturated rings. The van der Waals surface area contributed by atoms with E-state index < -0.39 is 0 Å². The zero-order valence-electron chi connectivity index (χ0n) is 15.7. The third-order valence-corrected chi connectivity index (χ3v) is 5.29. The lowest BCUT2D eigenvalue weighted by Crippen LogP contribution is -2.30. The highest BCUT2D eigenvalue weighted by atomic mass is 16.2. The number of rotatable bonds is 4. The molecule has 2 aromatic carbocycles. The number of hydrogen-bond acceptors (Lipinski definition) is 4. The first-order chi connectivity index (χ1) is 13.6.